The molecule has 40 heavy (non-hydrogen) atoms. The molecule has 0 aliphatic carbocycles. The molecule has 1 aliphatic rings. The molecule has 1 N–H and O–H groups in total. The van der Waals surface area contributed by atoms with E-state index in [2.05, 4.69) is 14.6 Å². The molecule has 1 fully saturated rings. The van der Waals surface area contributed by atoms with Gasteiger partial charge in [-0.3, -0.25) is 19.4 Å². The van der Waals surface area contributed by atoms with Gasteiger partial charge < -0.3 is 4.90 Å². The maximum Gasteiger partial charge on any atom is 0.416 e. The molecular formula is C29H27F3N4O3S. The lowest BCUT2D eigenvalue weighted by atomic mass is 10.1. The van der Waals surface area contributed by atoms with Crippen LogP contribution in [0.3, 0.4) is 0 Å². The normalized spacial score (nSPS) is 15.1. The number of nitrogens with zero attached hydrogens (tertiary/aromatic N) is 3. The molecule has 7 nitrogen and oxygen atoms in total. The fourth-order valence-electron chi connectivity index (χ4n) is 4.76. The molecule has 5 rings (SSSR count). The van der Waals surface area contributed by atoms with Crippen molar-refractivity contribution in [2.75, 3.05) is 30.9 Å². The molecule has 1 amide bonds. The Kier molecular flexibility index (Phi) is 7.77. The third-order valence-corrected chi connectivity index (χ3v) is 8.25. The van der Waals surface area contributed by atoms with Crippen molar-refractivity contribution in [2.24, 2.45) is 0 Å². The van der Waals surface area contributed by atoms with Crippen LogP contribution in [-0.2, 0) is 22.7 Å². The molecular weight excluding hydrogens is 541 g/mol. The van der Waals surface area contributed by atoms with E-state index in [9.17, 15) is 26.4 Å². The summed E-state index contributed by atoms with van der Waals surface area (Å²) in [4.78, 5) is 21.3. The maximum absolute atomic E-state index is 13.2. The zero-order valence-electron chi connectivity index (χ0n) is 21.4. The van der Waals surface area contributed by atoms with Crippen LogP contribution in [0.2, 0.25) is 0 Å². The highest BCUT2D eigenvalue weighted by molar-refractivity contribution is 7.93. The number of alkyl halides is 3. The Hall–Kier alpha value is -3.96. The van der Waals surface area contributed by atoms with Gasteiger partial charge in [0.2, 0.25) is 0 Å². The van der Waals surface area contributed by atoms with Crippen LogP contribution in [-0.4, -0.2) is 55.3 Å². The predicted octanol–water partition coefficient (Wildman–Crippen LogP) is 5.40. The molecule has 3 aromatic carbocycles. The summed E-state index contributed by atoms with van der Waals surface area (Å²) in [6.07, 6.45) is -2.10. The number of sulfonamides is 1. The van der Waals surface area contributed by atoms with Crippen molar-refractivity contribution < 1.29 is 26.4 Å². The van der Waals surface area contributed by atoms with E-state index in [0.29, 0.717) is 54.9 Å². The number of para-hydroxylation sites is 1. The van der Waals surface area contributed by atoms with Gasteiger partial charge in [-0.1, -0.05) is 30.3 Å². The Balaban J connectivity index is 1.20. The highest BCUT2D eigenvalue weighted by atomic mass is 32.2. The second-order valence-corrected chi connectivity index (χ2v) is 11.3. The summed E-state index contributed by atoms with van der Waals surface area (Å²) in [5, 5.41) is 0.710. The Bertz CT molecular complexity index is 1600. The fourth-order valence-corrected chi connectivity index (χ4v) is 6.00. The van der Waals surface area contributed by atoms with Crippen molar-refractivity contribution in [3.05, 3.63) is 102 Å². The molecule has 0 bridgehead atoms. The average Bonchev–Trinajstić information content (AvgIpc) is 3.18. The van der Waals surface area contributed by atoms with Gasteiger partial charge in [-0.15, -0.1) is 0 Å². The first kappa shape index (κ1) is 27.6. The first-order valence-corrected chi connectivity index (χ1v) is 14.2. The summed E-state index contributed by atoms with van der Waals surface area (Å²) in [5.74, 6) is -0.163. The van der Waals surface area contributed by atoms with E-state index in [1.54, 1.807) is 59.6 Å². The van der Waals surface area contributed by atoms with Gasteiger partial charge in [0.1, 0.15) is 4.90 Å². The predicted molar refractivity (Wildman–Crippen MR) is 146 cm³/mol. The third-order valence-electron chi connectivity index (χ3n) is 6.83. The lowest BCUT2D eigenvalue weighted by molar-refractivity contribution is -0.137. The quantitative estimate of drug-likeness (QED) is 0.337. The van der Waals surface area contributed by atoms with Crippen molar-refractivity contribution in [1.82, 2.24) is 14.8 Å². The van der Waals surface area contributed by atoms with Crippen LogP contribution in [0.4, 0.5) is 18.9 Å². The number of anilines is 1. The highest BCUT2D eigenvalue weighted by Crippen LogP contribution is 2.29. The number of hydrogen-bond acceptors (Lipinski definition) is 5. The van der Waals surface area contributed by atoms with Crippen molar-refractivity contribution in [3.8, 4) is 0 Å². The van der Waals surface area contributed by atoms with Crippen LogP contribution in [0, 0.1) is 0 Å². The molecule has 1 aromatic heterocycles. The Morgan fingerprint density at radius 3 is 2.33 bits per heavy atom. The summed E-state index contributed by atoms with van der Waals surface area (Å²) in [5.41, 5.74) is 1.24. The van der Waals surface area contributed by atoms with Crippen molar-refractivity contribution in [3.63, 3.8) is 0 Å². The van der Waals surface area contributed by atoms with E-state index in [1.807, 2.05) is 0 Å². The van der Waals surface area contributed by atoms with E-state index in [4.69, 9.17) is 0 Å². The van der Waals surface area contributed by atoms with Gasteiger partial charge in [-0.25, -0.2) is 8.42 Å². The second-order valence-electron chi connectivity index (χ2n) is 9.63. The summed E-state index contributed by atoms with van der Waals surface area (Å²) in [6, 6.07) is 19.9. The molecule has 208 valence electrons. The van der Waals surface area contributed by atoms with E-state index in [0.717, 1.165) is 24.1 Å². The standard InChI is InChI=1S/C29H27F3N4O3S/c30-29(31,32)24-11-7-21(8-12-24)20-35-16-3-17-36(19-18-35)28(37)23-9-13-25(14-10-23)34-40(38,39)26-6-1-4-22-5-2-15-33-27(22)26/h1-2,4-15,34H,3,16-20H2. The van der Waals surface area contributed by atoms with Gasteiger partial charge in [0.25, 0.3) is 15.9 Å². The van der Waals surface area contributed by atoms with Gasteiger partial charge in [-0.2, -0.15) is 13.2 Å². The van der Waals surface area contributed by atoms with Crippen molar-refractivity contribution >= 4 is 32.5 Å². The molecule has 0 atom stereocenters. The molecule has 0 radical (unpaired) electrons. The van der Waals surface area contributed by atoms with Gasteiger partial charge in [0, 0.05) is 55.6 Å². The minimum atomic E-state index is -4.36. The Labute approximate surface area is 230 Å². The van der Waals surface area contributed by atoms with Crippen LogP contribution in [0.5, 0.6) is 0 Å². The lowest BCUT2D eigenvalue weighted by Crippen LogP contribution is -2.35. The van der Waals surface area contributed by atoms with E-state index < -0.39 is 21.8 Å². The minimum absolute atomic E-state index is 0.0659. The van der Waals surface area contributed by atoms with E-state index >= 15 is 0 Å². The molecule has 0 unspecified atom stereocenters. The van der Waals surface area contributed by atoms with Crippen LogP contribution >= 0.6 is 0 Å². The summed E-state index contributed by atoms with van der Waals surface area (Å²) in [6.45, 7) is 2.83. The number of hydrogen-bond donors (Lipinski definition) is 1. The summed E-state index contributed by atoms with van der Waals surface area (Å²) >= 11 is 0. The van der Waals surface area contributed by atoms with Gasteiger partial charge in [-0.05, 0) is 60.5 Å². The number of fused-ring (bicyclic) bond motifs is 1. The Morgan fingerprint density at radius 1 is 0.875 bits per heavy atom. The molecule has 0 saturated carbocycles. The SMILES string of the molecule is O=C(c1ccc(NS(=O)(=O)c2cccc3cccnc23)cc1)N1CCCN(Cc2ccc(C(F)(F)F)cc2)CC1. The smallest absolute Gasteiger partial charge is 0.337 e. The van der Waals surface area contributed by atoms with Crippen molar-refractivity contribution in [2.45, 2.75) is 24.0 Å². The molecule has 4 aromatic rings. The molecule has 0 spiro atoms. The number of nitrogens with one attached hydrogen (secondary N) is 1. The topological polar surface area (TPSA) is 82.6 Å². The van der Waals surface area contributed by atoms with E-state index in [-0.39, 0.29) is 10.8 Å². The first-order valence-electron chi connectivity index (χ1n) is 12.7. The molecule has 1 saturated heterocycles. The second kappa shape index (κ2) is 11.3. The van der Waals surface area contributed by atoms with Gasteiger partial charge >= 0.3 is 6.18 Å². The fraction of sp³-hybridized carbons (Fsp3) is 0.241. The van der Waals surface area contributed by atoms with Crippen molar-refractivity contribution in [1.29, 1.82) is 0 Å². The summed E-state index contributed by atoms with van der Waals surface area (Å²) < 4.78 is 67.2. The third kappa shape index (κ3) is 6.26. The maximum atomic E-state index is 13.2. The molecule has 1 aliphatic heterocycles. The zero-order chi connectivity index (χ0) is 28.3. The van der Waals surface area contributed by atoms with Crippen LogP contribution in [0.15, 0.2) is 90.0 Å². The number of aromatic nitrogens is 1. The Morgan fingerprint density at radius 2 is 1.60 bits per heavy atom. The molecule has 2 heterocycles. The first-order chi connectivity index (χ1) is 19.1. The number of carbonyl (C=O) groups is 1. The number of halogens is 3. The monoisotopic (exact) mass is 568 g/mol. The average molecular weight is 569 g/mol. The number of benzene rings is 3. The van der Waals surface area contributed by atoms with E-state index in [1.165, 1.54) is 18.2 Å². The number of carbonyl (C=O) groups excluding carboxylic acids is 1. The summed E-state index contributed by atoms with van der Waals surface area (Å²) in [7, 11) is -3.91. The van der Waals surface area contributed by atoms with Crippen LogP contribution in [0.25, 0.3) is 10.9 Å². The van der Waals surface area contributed by atoms with Crippen LogP contribution in [0.1, 0.15) is 27.9 Å². The zero-order valence-corrected chi connectivity index (χ0v) is 22.3. The van der Waals surface area contributed by atoms with Crippen LogP contribution < -0.4 is 4.72 Å². The number of pyridine rings is 1. The molecule has 11 heteroatoms. The number of rotatable bonds is 6. The van der Waals surface area contributed by atoms with Gasteiger partial charge in [0.05, 0.1) is 11.1 Å². The lowest BCUT2D eigenvalue weighted by Gasteiger charge is -2.22. The van der Waals surface area contributed by atoms with Gasteiger partial charge in [0.15, 0.2) is 0 Å². The number of amides is 1. The highest BCUT2D eigenvalue weighted by Gasteiger charge is 2.30. The largest absolute Gasteiger partial charge is 0.416 e. The minimum Gasteiger partial charge on any atom is -0.337 e.